The minimum atomic E-state index is 0.0964. The third-order valence-electron chi connectivity index (χ3n) is 6.09. The maximum atomic E-state index is 12.7. The van der Waals surface area contributed by atoms with Crippen LogP contribution in [0.3, 0.4) is 0 Å². The number of nitrogens with zero attached hydrogens (tertiary/aromatic N) is 1. The van der Waals surface area contributed by atoms with E-state index in [1.54, 1.807) is 0 Å². The summed E-state index contributed by atoms with van der Waals surface area (Å²) in [7, 11) is 0. The summed E-state index contributed by atoms with van der Waals surface area (Å²) >= 11 is 0. The van der Waals surface area contributed by atoms with E-state index < -0.39 is 0 Å². The first-order valence-electron chi connectivity index (χ1n) is 9.37. The largest absolute Gasteiger partial charge is 0.381 e. The SMILES string of the molecule is CC1CCCCC1CNC(=O)N1CCOCC2(CCOCC2)C1. The van der Waals surface area contributed by atoms with Gasteiger partial charge in [-0.05, 0) is 31.1 Å². The molecule has 0 aromatic rings. The van der Waals surface area contributed by atoms with Gasteiger partial charge in [-0.1, -0.05) is 26.2 Å². The minimum Gasteiger partial charge on any atom is -0.381 e. The van der Waals surface area contributed by atoms with E-state index in [9.17, 15) is 4.79 Å². The molecule has 2 saturated heterocycles. The normalized spacial score (nSPS) is 31.6. The van der Waals surface area contributed by atoms with Crippen LogP contribution in [0.25, 0.3) is 0 Å². The van der Waals surface area contributed by atoms with Crippen molar-refractivity contribution in [1.29, 1.82) is 0 Å². The van der Waals surface area contributed by atoms with Gasteiger partial charge in [0.1, 0.15) is 0 Å². The quantitative estimate of drug-likeness (QED) is 0.849. The third kappa shape index (κ3) is 4.38. The zero-order chi connectivity index (χ0) is 16.1. The molecule has 1 saturated carbocycles. The second kappa shape index (κ2) is 7.84. The molecule has 3 rings (SSSR count). The van der Waals surface area contributed by atoms with Crippen molar-refractivity contribution in [2.24, 2.45) is 17.3 Å². The Hall–Kier alpha value is -0.810. The number of carbonyl (C=O) groups is 1. The zero-order valence-corrected chi connectivity index (χ0v) is 14.5. The Morgan fingerprint density at radius 1 is 1.17 bits per heavy atom. The van der Waals surface area contributed by atoms with Crippen molar-refractivity contribution < 1.29 is 14.3 Å². The number of carbonyl (C=O) groups excluding carboxylic acids is 1. The molecular formula is C18H32N2O3. The van der Waals surface area contributed by atoms with Gasteiger partial charge in [-0.15, -0.1) is 0 Å². The first-order chi connectivity index (χ1) is 11.2. The van der Waals surface area contributed by atoms with Crippen molar-refractivity contribution in [3.63, 3.8) is 0 Å². The number of amides is 2. The summed E-state index contributed by atoms with van der Waals surface area (Å²) in [5.41, 5.74) is 0.101. The van der Waals surface area contributed by atoms with Gasteiger partial charge in [0, 0.05) is 38.3 Å². The Bertz CT molecular complexity index is 396. The van der Waals surface area contributed by atoms with Crippen molar-refractivity contribution in [3.8, 4) is 0 Å². The van der Waals surface area contributed by atoms with Gasteiger partial charge in [0.2, 0.25) is 0 Å². The molecule has 0 bridgehead atoms. The Kier molecular flexibility index (Phi) is 5.81. The van der Waals surface area contributed by atoms with E-state index in [2.05, 4.69) is 12.2 Å². The molecule has 2 unspecified atom stereocenters. The molecule has 132 valence electrons. The first kappa shape index (κ1) is 17.0. The summed E-state index contributed by atoms with van der Waals surface area (Å²) in [6.45, 7) is 7.66. The topological polar surface area (TPSA) is 50.8 Å². The van der Waals surface area contributed by atoms with Crippen molar-refractivity contribution in [2.45, 2.75) is 45.4 Å². The summed E-state index contributed by atoms with van der Waals surface area (Å²) in [6.07, 6.45) is 7.21. The fourth-order valence-electron chi connectivity index (χ4n) is 4.30. The average molecular weight is 324 g/mol. The van der Waals surface area contributed by atoms with E-state index in [1.807, 2.05) is 4.90 Å². The second-order valence-corrected chi connectivity index (χ2v) is 7.79. The summed E-state index contributed by atoms with van der Waals surface area (Å²) in [4.78, 5) is 14.6. The molecule has 3 aliphatic rings. The fourth-order valence-corrected chi connectivity index (χ4v) is 4.30. The van der Waals surface area contributed by atoms with Crippen LogP contribution < -0.4 is 5.32 Å². The Balaban J connectivity index is 1.53. The maximum absolute atomic E-state index is 12.7. The van der Waals surface area contributed by atoms with Crippen LogP contribution in [0.15, 0.2) is 0 Å². The molecule has 0 aromatic heterocycles. The van der Waals surface area contributed by atoms with Gasteiger partial charge in [0.05, 0.1) is 13.2 Å². The lowest BCUT2D eigenvalue weighted by Crippen LogP contribution is -2.49. The molecular weight excluding hydrogens is 292 g/mol. The highest BCUT2D eigenvalue weighted by atomic mass is 16.5. The summed E-state index contributed by atoms with van der Waals surface area (Å²) in [5, 5.41) is 3.20. The van der Waals surface area contributed by atoms with Gasteiger partial charge in [0.25, 0.3) is 0 Å². The number of hydrogen-bond donors (Lipinski definition) is 1. The predicted octanol–water partition coefficient (Wildman–Crippen LogP) is 2.65. The highest BCUT2D eigenvalue weighted by molar-refractivity contribution is 5.74. The van der Waals surface area contributed by atoms with Gasteiger partial charge in [-0.25, -0.2) is 4.79 Å². The van der Waals surface area contributed by atoms with Crippen LogP contribution in [0.5, 0.6) is 0 Å². The molecule has 1 spiro atoms. The van der Waals surface area contributed by atoms with Crippen LogP contribution in [0, 0.1) is 17.3 Å². The summed E-state index contributed by atoms with van der Waals surface area (Å²) in [6, 6.07) is 0.0964. The number of hydrogen-bond acceptors (Lipinski definition) is 3. The summed E-state index contributed by atoms with van der Waals surface area (Å²) < 4.78 is 11.3. The smallest absolute Gasteiger partial charge is 0.317 e. The fraction of sp³-hybridized carbons (Fsp3) is 0.944. The van der Waals surface area contributed by atoms with Crippen LogP contribution >= 0.6 is 0 Å². The van der Waals surface area contributed by atoms with Crippen LogP contribution in [-0.4, -0.2) is 57.0 Å². The lowest BCUT2D eigenvalue weighted by Gasteiger charge is -2.38. The standard InChI is InChI=1S/C18H32N2O3/c1-15-4-2-3-5-16(15)12-19-17(21)20-8-11-23-14-18(13-20)6-9-22-10-7-18/h15-16H,2-14H2,1H3,(H,19,21). The van der Waals surface area contributed by atoms with Gasteiger partial charge >= 0.3 is 6.03 Å². The van der Waals surface area contributed by atoms with E-state index in [4.69, 9.17) is 9.47 Å². The first-order valence-corrected chi connectivity index (χ1v) is 9.37. The molecule has 2 heterocycles. The van der Waals surface area contributed by atoms with Crippen LogP contribution in [0.1, 0.15) is 45.4 Å². The minimum absolute atomic E-state index is 0.0964. The Morgan fingerprint density at radius 3 is 2.74 bits per heavy atom. The van der Waals surface area contributed by atoms with Crippen LogP contribution in [-0.2, 0) is 9.47 Å². The van der Waals surface area contributed by atoms with E-state index in [1.165, 1.54) is 25.7 Å². The van der Waals surface area contributed by atoms with E-state index in [0.29, 0.717) is 19.1 Å². The third-order valence-corrected chi connectivity index (χ3v) is 6.09. The highest BCUT2D eigenvalue weighted by Crippen LogP contribution is 2.33. The van der Waals surface area contributed by atoms with Gasteiger partial charge in [0.15, 0.2) is 0 Å². The van der Waals surface area contributed by atoms with E-state index >= 15 is 0 Å². The van der Waals surface area contributed by atoms with Crippen LogP contribution in [0.2, 0.25) is 0 Å². The van der Waals surface area contributed by atoms with Gasteiger partial charge in [-0.2, -0.15) is 0 Å². The zero-order valence-electron chi connectivity index (χ0n) is 14.5. The van der Waals surface area contributed by atoms with Crippen LogP contribution in [0.4, 0.5) is 4.79 Å². The highest BCUT2D eigenvalue weighted by Gasteiger charge is 2.38. The molecule has 2 aliphatic heterocycles. The lowest BCUT2D eigenvalue weighted by molar-refractivity contribution is -0.0295. The molecule has 0 radical (unpaired) electrons. The van der Waals surface area contributed by atoms with Crippen molar-refractivity contribution in [2.75, 3.05) is 46.1 Å². The van der Waals surface area contributed by atoms with Crippen molar-refractivity contribution in [1.82, 2.24) is 10.2 Å². The molecule has 1 N–H and O–H groups in total. The molecule has 23 heavy (non-hydrogen) atoms. The molecule has 5 heteroatoms. The molecule has 3 fully saturated rings. The molecule has 5 nitrogen and oxygen atoms in total. The number of ether oxygens (including phenoxy) is 2. The monoisotopic (exact) mass is 324 g/mol. The average Bonchev–Trinajstić information content (AvgIpc) is 2.77. The van der Waals surface area contributed by atoms with Gasteiger partial charge in [-0.3, -0.25) is 0 Å². The number of urea groups is 1. The van der Waals surface area contributed by atoms with E-state index in [0.717, 1.165) is 51.7 Å². The molecule has 1 aliphatic carbocycles. The molecule has 2 atom stereocenters. The van der Waals surface area contributed by atoms with E-state index in [-0.39, 0.29) is 11.4 Å². The van der Waals surface area contributed by atoms with Gasteiger partial charge < -0.3 is 19.7 Å². The number of nitrogens with one attached hydrogen (secondary N) is 1. The summed E-state index contributed by atoms with van der Waals surface area (Å²) in [5.74, 6) is 1.38. The predicted molar refractivity (Wildman–Crippen MR) is 89.4 cm³/mol. The number of rotatable bonds is 2. The Morgan fingerprint density at radius 2 is 1.96 bits per heavy atom. The second-order valence-electron chi connectivity index (χ2n) is 7.79. The van der Waals surface area contributed by atoms with Crippen molar-refractivity contribution in [3.05, 3.63) is 0 Å². The Labute approximate surface area is 140 Å². The molecule has 2 amide bonds. The maximum Gasteiger partial charge on any atom is 0.317 e. The lowest BCUT2D eigenvalue weighted by atomic mass is 9.80. The molecule has 0 aromatic carbocycles. The van der Waals surface area contributed by atoms with Crippen molar-refractivity contribution >= 4 is 6.03 Å².